The molecule has 0 radical (unpaired) electrons. The summed E-state index contributed by atoms with van der Waals surface area (Å²) in [7, 11) is -1.90. The van der Waals surface area contributed by atoms with Gasteiger partial charge in [-0.15, -0.1) is 16.2 Å². The van der Waals surface area contributed by atoms with Gasteiger partial charge in [-0.25, -0.2) is 0 Å². The van der Waals surface area contributed by atoms with E-state index in [0.717, 1.165) is 17.9 Å². The molecule has 8 heteroatoms. The van der Waals surface area contributed by atoms with E-state index in [0.29, 0.717) is 17.9 Å². The first-order chi connectivity index (χ1) is 13.3. The molecule has 2 aromatic carbocycles. The van der Waals surface area contributed by atoms with Gasteiger partial charge >= 0.3 is 0 Å². The van der Waals surface area contributed by atoms with Crippen LogP contribution in [0.3, 0.4) is 0 Å². The van der Waals surface area contributed by atoms with Gasteiger partial charge in [0.25, 0.3) is 10.0 Å². The zero-order chi connectivity index (χ0) is 20.1. The lowest BCUT2D eigenvalue weighted by atomic mass is 10.2. The number of amidine groups is 1. The molecule has 3 rings (SSSR count). The zero-order valence-electron chi connectivity index (χ0n) is 15.9. The van der Waals surface area contributed by atoms with Crippen LogP contribution < -0.4 is 5.32 Å². The number of carbonyl (C=O) groups excluding carboxylic acids is 1. The molecule has 0 atom stereocenters. The standard InChI is InChI=1S/C20H23N3O3S2/c1-15-5-9-17(10-6-15)27-14-20(24)21-16-7-11-18(12-8-16)28(25,26)22-19-4-3-13-23(19)2/h5-12H,3-4,13-14H2,1-2H3,(H,21,24)/b22-19-. The Morgan fingerprint density at radius 1 is 1.14 bits per heavy atom. The lowest BCUT2D eigenvalue weighted by Crippen LogP contribution is -2.20. The first kappa shape index (κ1) is 20.4. The topological polar surface area (TPSA) is 78.8 Å². The van der Waals surface area contributed by atoms with Gasteiger partial charge in [0.05, 0.1) is 10.6 Å². The highest BCUT2D eigenvalue weighted by Gasteiger charge is 2.20. The van der Waals surface area contributed by atoms with Crippen LogP contribution in [0.1, 0.15) is 18.4 Å². The molecule has 1 N–H and O–H groups in total. The summed E-state index contributed by atoms with van der Waals surface area (Å²) in [6.07, 6.45) is 1.58. The smallest absolute Gasteiger partial charge is 0.283 e. The van der Waals surface area contributed by atoms with Crippen LogP contribution in [0.25, 0.3) is 0 Å². The summed E-state index contributed by atoms with van der Waals surface area (Å²) < 4.78 is 28.8. The van der Waals surface area contributed by atoms with Crippen molar-refractivity contribution in [1.82, 2.24) is 4.90 Å². The monoisotopic (exact) mass is 417 g/mol. The normalized spacial score (nSPS) is 15.8. The molecule has 2 aromatic rings. The number of rotatable bonds is 6. The number of aryl methyl sites for hydroxylation is 1. The molecule has 0 unspecified atom stereocenters. The van der Waals surface area contributed by atoms with Crippen LogP contribution in [0.4, 0.5) is 5.69 Å². The van der Waals surface area contributed by atoms with Crippen molar-refractivity contribution >= 4 is 39.2 Å². The third-order valence-corrected chi connectivity index (χ3v) is 6.72. The summed E-state index contributed by atoms with van der Waals surface area (Å²) in [5, 5.41) is 2.78. The van der Waals surface area contributed by atoms with Crippen molar-refractivity contribution in [3.63, 3.8) is 0 Å². The molecule has 6 nitrogen and oxygen atoms in total. The van der Waals surface area contributed by atoms with E-state index in [1.165, 1.54) is 29.5 Å². The van der Waals surface area contributed by atoms with Crippen LogP contribution in [-0.4, -0.2) is 44.4 Å². The Morgan fingerprint density at radius 3 is 2.43 bits per heavy atom. The SMILES string of the molecule is Cc1ccc(SCC(=O)Nc2ccc(S(=O)(=O)/N=C3/CCCN3C)cc2)cc1. The van der Waals surface area contributed by atoms with E-state index >= 15 is 0 Å². The van der Waals surface area contributed by atoms with E-state index in [-0.39, 0.29) is 16.6 Å². The minimum absolute atomic E-state index is 0.118. The highest BCUT2D eigenvalue weighted by molar-refractivity contribution is 8.00. The van der Waals surface area contributed by atoms with Gasteiger partial charge < -0.3 is 10.2 Å². The minimum atomic E-state index is -3.74. The van der Waals surface area contributed by atoms with Crippen molar-refractivity contribution in [3.05, 3.63) is 54.1 Å². The van der Waals surface area contributed by atoms with Gasteiger partial charge in [-0.05, 0) is 49.7 Å². The van der Waals surface area contributed by atoms with Gasteiger partial charge in [-0.1, -0.05) is 17.7 Å². The van der Waals surface area contributed by atoms with E-state index in [1.54, 1.807) is 12.1 Å². The van der Waals surface area contributed by atoms with E-state index in [9.17, 15) is 13.2 Å². The number of hydrogen-bond acceptors (Lipinski definition) is 4. The van der Waals surface area contributed by atoms with E-state index < -0.39 is 10.0 Å². The second-order valence-corrected chi connectivity index (χ2v) is 9.33. The highest BCUT2D eigenvalue weighted by atomic mass is 32.2. The Kier molecular flexibility index (Phi) is 6.41. The molecule has 0 aromatic heterocycles. The van der Waals surface area contributed by atoms with E-state index in [1.807, 2.05) is 43.1 Å². The van der Waals surface area contributed by atoms with Crippen molar-refractivity contribution in [2.75, 3.05) is 24.7 Å². The molecule has 1 amide bonds. The maximum atomic E-state index is 12.4. The second-order valence-electron chi connectivity index (χ2n) is 6.68. The van der Waals surface area contributed by atoms with Gasteiger partial charge in [0.2, 0.25) is 5.91 Å². The van der Waals surface area contributed by atoms with Gasteiger partial charge in [0.15, 0.2) is 0 Å². The van der Waals surface area contributed by atoms with Gasteiger partial charge in [0, 0.05) is 30.6 Å². The molecular formula is C20H23N3O3S2. The molecule has 148 valence electrons. The maximum Gasteiger partial charge on any atom is 0.283 e. The highest BCUT2D eigenvalue weighted by Crippen LogP contribution is 2.21. The predicted octanol–water partition coefficient (Wildman–Crippen LogP) is 3.54. The molecule has 0 bridgehead atoms. The Morgan fingerprint density at radius 2 is 1.82 bits per heavy atom. The molecule has 28 heavy (non-hydrogen) atoms. The van der Waals surface area contributed by atoms with Crippen LogP contribution in [0.2, 0.25) is 0 Å². The number of carbonyl (C=O) groups is 1. The molecule has 0 aliphatic carbocycles. The van der Waals surface area contributed by atoms with Crippen LogP contribution in [0.5, 0.6) is 0 Å². The number of benzene rings is 2. The Balaban J connectivity index is 1.59. The number of likely N-dealkylation sites (tertiary alicyclic amines) is 1. The fourth-order valence-electron chi connectivity index (χ4n) is 2.79. The number of anilines is 1. The predicted molar refractivity (Wildman–Crippen MR) is 113 cm³/mol. The molecule has 1 heterocycles. The quantitative estimate of drug-likeness (QED) is 0.728. The van der Waals surface area contributed by atoms with Crippen molar-refractivity contribution in [2.45, 2.75) is 29.6 Å². The molecule has 1 fully saturated rings. The van der Waals surface area contributed by atoms with Crippen LogP contribution >= 0.6 is 11.8 Å². The number of sulfonamides is 1. The number of nitrogens with zero attached hydrogens (tertiary/aromatic N) is 2. The summed E-state index contributed by atoms with van der Waals surface area (Å²) in [4.78, 5) is 15.1. The van der Waals surface area contributed by atoms with Gasteiger partial charge in [-0.3, -0.25) is 4.79 Å². The summed E-state index contributed by atoms with van der Waals surface area (Å²) >= 11 is 1.45. The molecule has 0 saturated carbocycles. The van der Waals surface area contributed by atoms with Crippen LogP contribution in [0, 0.1) is 6.92 Å². The molecule has 1 aliphatic rings. The zero-order valence-corrected chi connectivity index (χ0v) is 17.5. The summed E-state index contributed by atoms with van der Waals surface area (Å²) in [5.41, 5.74) is 1.73. The Labute approximate surface area is 170 Å². The number of nitrogens with one attached hydrogen (secondary N) is 1. The minimum Gasteiger partial charge on any atom is -0.362 e. The average Bonchev–Trinajstić information content (AvgIpc) is 3.06. The van der Waals surface area contributed by atoms with Crippen molar-refractivity contribution in [1.29, 1.82) is 0 Å². The number of amides is 1. The lowest BCUT2D eigenvalue weighted by Gasteiger charge is -2.11. The van der Waals surface area contributed by atoms with Gasteiger partial charge in [0.1, 0.15) is 5.84 Å². The summed E-state index contributed by atoms with van der Waals surface area (Å²) in [5.74, 6) is 0.725. The van der Waals surface area contributed by atoms with Crippen LogP contribution in [-0.2, 0) is 14.8 Å². The van der Waals surface area contributed by atoms with Crippen molar-refractivity contribution in [2.24, 2.45) is 4.40 Å². The molecule has 1 saturated heterocycles. The third-order valence-electron chi connectivity index (χ3n) is 4.39. The largest absolute Gasteiger partial charge is 0.362 e. The van der Waals surface area contributed by atoms with Gasteiger partial charge in [-0.2, -0.15) is 8.42 Å². The van der Waals surface area contributed by atoms with E-state index in [2.05, 4.69) is 9.71 Å². The lowest BCUT2D eigenvalue weighted by molar-refractivity contribution is -0.113. The summed E-state index contributed by atoms with van der Waals surface area (Å²) in [6, 6.07) is 14.1. The number of hydrogen-bond donors (Lipinski definition) is 1. The first-order valence-electron chi connectivity index (χ1n) is 8.98. The van der Waals surface area contributed by atoms with Crippen molar-refractivity contribution < 1.29 is 13.2 Å². The van der Waals surface area contributed by atoms with Crippen molar-refractivity contribution in [3.8, 4) is 0 Å². The fourth-order valence-corrected chi connectivity index (χ4v) is 4.58. The van der Waals surface area contributed by atoms with E-state index in [4.69, 9.17) is 0 Å². The summed E-state index contributed by atoms with van der Waals surface area (Å²) in [6.45, 7) is 2.84. The molecular weight excluding hydrogens is 394 g/mol. The Bertz CT molecular complexity index is 969. The second kappa shape index (κ2) is 8.79. The fraction of sp³-hybridized carbons (Fsp3) is 0.300. The average molecular weight is 418 g/mol. The van der Waals surface area contributed by atoms with Crippen LogP contribution in [0.15, 0.2) is 62.7 Å². The third kappa shape index (κ3) is 5.36. The molecule has 1 aliphatic heterocycles. The number of thioether (sulfide) groups is 1. The molecule has 0 spiro atoms. The maximum absolute atomic E-state index is 12.4. The first-order valence-corrected chi connectivity index (χ1v) is 11.4. The Hall–Kier alpha value is -2.32.